The van der Waals surface area contributed by atoms with Gasteiger partial charge in [-0.1, -0.05) is 19.2 Å². The summed E-state index contributed by atoms with van der Waals surface area (Å²) in [6.07, 6.45) is 6.27. The van der Waals surface area contributed by atoms with Crippen molar-refractivity contribution in [3.8, 4) is 0 Å². The van der Waals surface area contributed by atoms with Crippen molar-refractivity contribution in [3.63, 3.8) is 0 Å². The molecule has 0 aliphatic heterocycles. The third kappa shape index (κ3) is 8.60. The molecule has 2 amide bonds. The van der Waals surface area contributed by atoms with E-state index in [9.17, 15) is 9.59 Å². The molecule has 0 fully saturated rings. The molecule has 3 N–H and O–H groups in total. The zero-order valence-electron chi connectivity index (χ0n) is 9.70. The molecule has 1 rings (SSSR count). The van der Waals surface area contributed by atoms with Crippen LogP contribution in [0.15, 0.2) is 49.7 Å². The number of urea groups is 1. The van der Waals surface area contributed by atoms with E-state index in [0.29, 0.717) is 0 Å². The maximum atomic E-state index is 10.8. The van der Waals surface area contributed by atoms with E-state index < -0.39 is 12.0 Å². The van der Waals surface area contributed by atoms with Crippen LogP contribution in [0.1, 0.15) is 0 Å². The van der Waals surface area contributed by atoms with Crippen molar-refractivity contribution >= 4 is 12.0 Å². The van der Waals surface area contributed by atoms with Crippen LogP contribution in [0.4, 0.5) is 4.79 Å². The van der Waals surface area contributed by atoms with Gasteiger partial charge in [0.1, 0.15) is 18.6 Å². The minimum absolute atomic E-state index is 0.0678. The van der Waals surface area contributed by atoms with Gasteiger partial charge >= 0.3 is 12.0 Å². The average Bonchev–Trinajstić information content (AvgIpc) is 2.38. The molecule has 18 heavy (non-hydrogen) atoms. The second kappa shape index (κ2) is 9.52. The normalized spacial score (nSPS) is 8.22. The Morgan fingerprint density at radius 3 is 2.33 bits per heavy atom. The summed E-state index contributed by atoms with van der Waals surface area (Å²) in [4.78, 5) is 28.4. The van der Waals surface area contributed by atoms with Crippen LogP contribution < -0.4 is 11.1 Å². The molecule has 7 heteroatoms. The van der Waals surface area contributed by atoms with E-state index >= 15 is 0 Å². The zero-order valence-corrected chi connectivity index (χ0v) is 9.70. The fourth-order valence-electron chi connectivity index (χ4n) is 0.675. The Bertz CT molecular complexity index is 379. The number of hydrogen-bond donors (Lipinski definition) is 2. The summed E-state index contributed by atoms with van der Waals surface area (Å²) in [5.74, 6) is -0.728. The Labute approximate surface area is 104 Å². The minimum Gasteiger partial charge on any atom is -0.457 e. The van der Waals surface area contributed by atoms with Crippen LogP contribution in [0, 0.1) is 0 Å². The van der Waals surface area contributed by atoms with E-state index in [-0.39, 0.29) is 12.3 Å². The van der Waals surface area contributed by atoms with Gasteiger partial charge in [0.2, 0.25) is 0 Å². The fourth-order valence-corrected chi connectivity index (χ4v) is 0.675. The molecular weight excluding hydrogens is 236 g/mol. The fraction of sp³-hybridized carbons (Fsp3) is 0.0909. The van der Waals surface area contributed by atoms with E-state index in [4.69, 9.17) is 5.73 Å². The van der Waals surface area contributed by atoms with Crippen LogP contribution in [-0.4, -0.2) is 28.6 Å². The number of nitrogens with one attached hydrogen (secondary N) is 1. The molecule has 1 aromatic rings. The van der Waals surface area contributed by atoms with Crippen LogP contribution in [-0.2, 0) is 9.53 Å². The second-order valence-electron chi connectivity index (χ2n) is 2.76. The SMILES string of the molecule is C=CCOC(=O)C(=C)NC(N)=O.c1cncnc1. The first kappa shape index (κ1) is 15.3. The van der Waals surface area contributed by atoms with E-state index in [0.717, 1.165) is 0 Å². The summed E-state index contributed by atoms with van der Waals surface area (Å²) >= 11 is 0. The van der Waals surface area contributed by atoms with Crippen LogP contribution >= 0.6 is 0 Å². The molecule has 0 aliphatic carbocycles. The first-order chi connectivity index (χ1) is 8.57. The van der Waals surface area contributed by atoms with Crippen molar-refractivity contribution in [2.24, 2.45) is 5.73 Å². The van der Waals surface area contributed by atoms with Gasteiger partial charge in [-0.2, -0.15) is 0 Å². The molecule has 0 saturated carbocycles. The average molecular weight is 250 g/mol. The third-order valence-corrected chi connectivity index (χ3v) is 1.33. The lowest BCUT2D eigenvalue weighted by Crippen LogP contribution is -2.32. The lowest BCUT2D eigenvalue weighted by molar-refractivity contribution is -0.138. The maximum absolute atomic E-state index is 10.8. The van der Waals surface area contributed by atoms with Crippen molar-refractivity contribution in [1.29, 1.82) is 0 Å². The largest absolute Gasteiger partial charge is 0.457 e. The van der Waals surface area contributed by atoms with Gasteiger partial charge < -0.3 is 15.8 Å². The topological polar surface area (TPSA) is 107 Å². The Morgan fingerprint density at radius 1 is 1.39 bits per heavy atom. The molecule has 1 heterocycles. The lowest BCUT2D eigenvalue weighted by Gasteiger charge is -2.03. The Hall–Kier alpha value is -2.70. The molecule has 0 aromatic carbocycles. The van der Waals surface area contributed by atoms with E-state index in [1.54, 1.807) is 18.5 Å². The number of hydrogen-bond acceptors (Lipinski definition) is 5. The molecule has 0 atom stereocenters. The van der Waals surface area contributed by atoms with Gasteiger partial charge in [0.25, 0.3) is 0 Å². The smallest absolute Gasteiger partial charge is 0.354 e. The number of amides is 2. The number of carbonyl (C=O) groups is 2. The highest BCUT2D eigenvalue weighted by atomic mass is 16.5. The highest BCUT2D eigenvalue weighted by Gasteiger charge is 2.08. The van der Waals surface area contributed by atoms with Crippen molar-refractivity contribution in [1.82, 2.24) is 15.3 Å². The lowest BCUT2D eigenvalue weighted by atomic mass is 10.5. The molecule has 0 unspecified atom stereocenters. The number of ether oxygens (including phenoxy) is 1. The summed E-state index contributed by atoms with van der Waals surface area (Å²) in [7, 11) is 0. The quantitative estimate of drug-likeness (QED) is 0.456. The number of aromatic nitrogens is 2. The minimum atomic E-state index is -0.851. The molecule has 7 nitrogen and oxygen atoms in total. The predicted octanol–water partition coefficient (Wildman–Crippen LogP) is 0.374. The first-order valence-corrected chi connectivity index (χ1v) is 4.81. The number of nitrogens with zero attached hydrogens (tertiary/aromatic N) is 2. The summed E-state index contributed by atoms with van der Waals surface area (Å²) in [5.41, 5.74) is 4.53. The highest BCUT2D eigenvalue weighted by Crippen LogP contribution is 1.89. The number of primary amides is 1. The van der Waals surface area contributed by atoms with Gasteiger partial charge in [0.05, 0.1) is 0 Å². The summed E-state index contributed by atoms with van der Waals surface area (Å²) in [6, 6.07) is 0.926. The monoisotopic (exact) mass is 250 g/mol. The Kier molecular flexibility index (Phi) is 8.09. The second-order valence-corrected chi connectivity index (χ2v) is 2.76. The van der Waals surface area contributed by atoms with Crippen LogP contribution in [0.5, 0.6) is 0 Å². The van der Waals surface area contributed by atoms with Gasteiger partial charge in [-0.05, 0) is 6.07 Å². The zero-order chi connectivity index (χ0) is 13.8. The van der Waals surface area contributed by atoms with Crippen molar-refractivity contribution in [2.75, 3.05) is 6.61 Å². The van der Waals surface area contributed by atoms with Gasteiger partial charge in [-0.3, -0.25) is 0 Å². The molecular formula is C11H14N4O3. The van der Waals surface area contributed by atoms with E-state index in [1.807, 2.05) is 5.32 Å². The molecule has 1 aromatic heterocycles. The summed E-state index contributed by atoms with van der Waals surface area (Å²) in [5, 5.41) is 1.99. The molecule has 0 radical (unpaired) electrons. The summed E-state index contributed by atoms with van der Waals surface area (Å²) in [6.45, 7) is 6.63. The molecule has 0 saturated heterocycles. The van der Waals surface area contributed by atoms with Crippen LogP contribution in [0.3, 0.4) is 0 Å². The van der Waals surface area contributed by atoms with Gasteiger partial charge in [-0.15, -0.1) is 0 Å². The Balaban J connectivity index is 0.000000397. The van der Waals surface area contributed by atoms with Crippen LogP contribution in [0.25, 0.3) is 0 Å². The number of nitrogens with two attached hydrogens (primary N) is 1. The number of esters is 1. The van der Waals surface area contributed by atoms with Gasteiger partial charge in [0, 0.05) is 12.4 Å². The predicted molar refractivity (Wildman–Crippen MR) is 65.0 cm³/mol. The van der Waals surface area contributed by atoms with Gasteiger partial charge in [0.15, 0.2) is 0 Å². The number of carbonyl (C=O) groups excluding carboxylic acids is 2. The third-order valence-electron chi connectivity index (χ3n) is 1.33. The van der Waals surface area contributed by atoms with Crippen molar-refractivity contribution < 1.29 is 14.3 Å². The van der Waals surface area contributed by atoms with E-state index in [2.05, 4.69) is 27.9 Å². The molecule has 0 aliphatic rings. The summed E-state index contributed by atoms with van der Waals surface area (Å²) < 4.78 is 4.53. The molecule has 96 valence electrons. The standard InChI is InChI=1S/C7H10N2O3.C4H4N2/c1-3-4-12-6(10)5(2)9-7(8)11;1-2-5-4-6-3-1/h3H,1-2,4H2,(H3,8,9,11);1-4H. The maximum Gasteiger partial charge on any atom is 0.354 e. The first-order valence-electron chi connectivity index (χ1n) is 4.81. The van der Waals surface area contributed by atoms with E-state index in [1.165, 1.54) is 12.4 Å². The number of rotatable bonds is 4. The Morgan fingerprint density at radius 2 is 2.00 bits per heavy atom. The van der Waals surface area contributed by atoms with Gasteiger partial charge in [-0.25, -0.2) is 19.6 Å². The van der Waals surface area contributed by atoms with Crippen molar-refractivity contribution in [2.45, 2.75) is 0 Å². The molecule has 0 spiro atoms. The van der Waals surface area contributed by atoms with Crippen molar-refractivity contribution in [3.05, 3.63) is 49.7 Å². The molecule has 0 bridgehead atoms. The highest BCUT2D eigenvalue weighted by molar-refractivity contribution is 5.92. The van der Waals surface area contributed by atoms with Crippen LogP contribution in [0.2, 0.25) is 0 Å².